The van der Waals surface area contributed by atoms with Crippen molar-refractivity contribution < 1.29 is 19.5 Å². The van der Waals surface area contributed by atoms with Crippen LogP contribution in [0.2, 0.25) is 0 Å². The molecule has 0 bridgehead atoms. The summed E-state index contributed by atoms with van der Waals surface area (Å²) in [6.07, 6.45) is 10.00. The molecule has 0 atom stereocenters. The molecule has 110 valence electrons. The standard InChI is InChI=1S/C15H18BNO4/c18-16(19)13-5-3-6-14(9-8-13)20-11-4-12-21-15-7-1-2-10-17-15/h1-3,5,7-10,18-19H,4,6,11-12H2. The second kappa shape index (κ2) is 8.29. The van der Waals surface area contributed by atoms with E-state index in [1.165, 1.54) is 0 Å². The number of nitrogens with zero attached hydrogens (tertiary/aromatic N) is 1. The Bertz CT molecular complexity index is 526. The molecule has 0 spiro atoms. The Labute approximate surface area is 124 Å². The van der Waals surface area contributed by atoms with E-state index in [4.69, 9.17) is 19.5 Å². The molecule has 1 aliphatic rings. The van der Waals surface area contributed by atoms with Gasteiger partial charge in [0, 0.05) is 25.1 Å². The molecule has 0 amide bonds. The third kappa shape index (κ3) is 5.45. The van der Waals surface area contributed by atoms with E-state index in [2.05, 4.69) is 4.98 Å². The van der Waals surface area contributed by atoms with E-state index < -0.39 is 7.12 Å². The zero-order valence-electron chi connectivity index (χ0n) is 11.7. The average Bonchev–Trinajstić information content (AvgIpc) is 2.74. The van der Waals surface area contributed by atoms with Crippen LogP contribution in [0.3, 0.4) is 0 Å². The molecule has 1 aromatic heterocycles. The number of pyridine rings is 1. The summed E-state index contributed by atoms with van der Waals surface area (Å²) < 4.78 is 11.1. The first-order valence-electron chi connectivity index (χ1n) is 6.86. The fourth-order valence-corrected chi connectivity index (χ4v) is 1.77. The minimum atomic E-state index is -1.45. The van der Waals surface area contributed by atoms with Gasteiger partial charge in [-0.25, -0.2) is 4.98 Å². The molecule has 2 N–H and O–H groups in total. The molecule has 0 aromatic carbocycles. The Morgan fingerprint density at radius 2 is 2.00 bits per heavy atom. The summed E-state index contributed by atoms with van der Waals surface area (Å²) in [6, 6.07) is 5.53. The first-order chi connectivity index (χ1) is 10.3. The predicted octanol–water partition coefficient (Wildman–Crippen LogP) is 1.65. The third-order valence-corrected chi connectivity index (χ3v) is 2.85. The van der Waals surface area contributed by atoms with E-state index in [1.807, 2.05) is 24.3 Å². The maximum atomic E-state index is 9.09. The van der Waals surface area contributed by atoms with Crippen molar-refractivity contribution in [3.63, 3.8) is 0 Å². The molecule has 21 heavy (non-hydrogen) atoms. The van der Waals surface area contributed by atoms with Gasteiger partial charge in [-0.3, -0.25) is 0 Å². The van der Waals surface area contributed by atoms with Crippen LogP contribution in [0.5, 0.6) is 5.88 Å². The number of hydrogen-bond acceptors (Lipinski definition) is 5. The van der Waals surface area contributed by atoms with Crippen molar-refractivity contribution in [1.29, 1.82) is 0 Å². The Morgan fingerprint density at radius 1 is 1.14 bits per heavy atom. The van der Waals surface area contributed by atoms with Crippen LogP contribution < -0.4 is 4.74 Å². The van der Waals surface area contributed by atoms with Gasteiger partial charge in [0.15, 0.2) is 0 Å². The fourth-order valence-electron chi connectivity index (χ4n) is 1.77. The van der Waals surface area contributed by atoms with Gasteiger partial charge in [-0.15, -0.1) is 0 Å². The maximum Gasteiger partial charge on any atom is 0.488 e. The summed E-state index contributed by atoms with van der Waals surface area (Å²) in [7, 11) is -1.45. The van der Waals surface area contributed by atoms with Gasteiger partial charge in [-0.2, -0.15) is 0 Å². The minimum absolute atomic E-state index is 0.451. The highest BCUT2D eigenvalue weighted by atomic mass is 16.5. The van der Waals surface area contributed by atoms with Crippen LogP contribution in [0.4, 0.5) is 0 Å². The first-order valence-corrected chi connectivity index (χ1v) is 6.86. The van der Waals surface area contributed by atoms with Gasteiger partial charge in [0.1, 0.15) is 0 Å². The zero-order valence-corrected chi connectivity index (χ0v) is 11.7. The van der Waals surface area contributed by atoms with E-state index in [9.17, 15) is 0 Å². The molecular formula is C15H18BNO4. The highest BCUT2D eigenvalue weighted by Crippen LogP contribution is 2.13. The van der Waals surface area contributed by atoms with Crippen LogP contribution in [0.25, 0.3) is 0 Å². The SMILES string of the molecule is OB(O)C1=CC=C(OCCCOc2ccccn2)CC=C1. The van der Waals surface area contributed by atoms with Gasteiger partial charge in [0.25, 0.3) is 0 Å². The molecule has 0 aliphatic heterocycles. The van der Waals surface area contributed by atoms with E-state index in [-0.39, 0.29) is 0 Å². The smallest absolute Gasteiger partial charge is 0.488 e. The molecule has 0 unspecified atom stereocenters. The minimum Gasteiger partial charge on any atom is -0.497 e. The Morgan fingerprint density at radius 3 is 2.76 bits per heavy atom. The van der Waals surface area contributed by atoms with Crippen molar-refractivity contribution in [2.24, 2.45) is 0 Å². The largest absolute Gasteiger partial charge is 0.497 e. The first kappa shape index (κ1) is 15.3. The van der Waals surface area contributed by atoms with Crippen molar-refractivity contribution in [2.75, 3.05) is 13.2 Å². The maximum absolute atomic E-state index is 9.09. The second-order valence-electron chi connectivity index (χ2n) is 4.50. The van der Waals surface area contributed by atoms with Gasteiger partial charge < -0.3 is 19.5 Å². The highest BCUT2D eigenvalue weighted by Gasteiger charge is 2.12. The third-order valence-electron chi connectivity index (χ3n) is 2.85. The lowest BCUT2D eigenvalue weighted by atomic mass is 9.79. The highest BCUT2D eigenvalue weighted by molar-refractivity contribution is 6.51. The summed E-state index contributed by atoms with van der Waals surface area (Å²) in [4.78, 5) is 4.06. The molecule has 1 aliphatic carbocycles. The van der Waals surface area contributed by atoms with Crippen LogP contribution in [0.1, 0.15) is 12.8 Å². The molecule has 5 nitrogen and oxygen atoms in total. The summed E-state index contributed by atoms with van der Waals surface area (Å²) in [6.45, 7) is 1.08. The molecule has 6 heteroatoms. The number of ether oxygens (including phenoxy) is 2. The van der Waals surface area contributed by atoms with E-state index in [1.54, 1.807) is 24.4 Å². The molecule has 1 aromatic rings. The number of hydrogen-bond donors (Lipinski definition) is 2. The quantitative estimate of drug-likeness (QED) is 0.589. The van der Waals surface area contributed by atoms with Crippen LogP contribution in [-0.2, 0) is 4.74 Å². The lowest BCUT2D eigenvalue weighted by molar-refractivity contribution is 0.178. The van der Waals surface area contributed by atoms with Gasteiger partial charge in [0.2, 0.25) is 5.88 Å². The lowest BCUT2D eigenvalue weighted by Crippen LogP contribution is -2.13. The van der Waals surface area contributed by atoms with Crippen LogP contribution in [0, 0.1) is 0 Å². The number of allylic oxidation sites excluding steroid dienone is 5. The number of rotatable bonds is 7. The average molecular weight is 287 g/mol. The Balaban J connectivity index is 1.68. The van der Waals surface area contributed by atoms with Gasteiger partial charge in [-0.1, -0.05) is 24.3 Å². The van der Waals surface area contributed by atoms with Gasteiger partial charge in [0.05, 0.1) is 19.0 Å². The normalized spacial score (nSPS) is 14.0. The van der Waals surface area contributed by atoms with Crippen LogP contribution >= 0.6 is 0 Å². The van der Waals surface area contributed by atoms with Crippen molar-refractivity contribution in [1.82, 2.24) is 4.98 Å². The van der Waals surface area contributed by atoms with Crippen molar-refractivity contribution in [3.8, 4) is 5.88 Å². The van der Waals surface area contributed by atoms with Crippen molar-refractivity contribution in [3.05, 3.63) is 59.9 Å². The van der Waals surface area contributed by atoms with E-state index in [0.717, 1.165) is 12.2 Å². The van der Waals surface area contributed by atoms with Crippen LogP contribution in [0.15, 0.2) is 59.9 Å². The molecule has 0 fully saturated rings. The zero-order chi connectivity index (χ0) is 14.9. The summed E-state index contributed by atoms with van der Waals surface area (Å²) in [5, 5.41) is 18.2. The van der Waals surface area contributed by atoms with E-state index >= 15 is 0 Å². The second-order valence-corrected chi connectivity index (χ2v) is 4.50. The summed E-state index contributed by atoms with van der Waals surface area (Å²) >= 11 is 0. The molecular weight excluding hydrogens is 269 g/mol. The van der Waals surface area contributed by atoms with Crippen molar-refractivity contribution >= 4 is 7.12 Å². The van der Waals surface area contributed by atoms with Crippen molar-refractivity contribution in [2.45, 2.75) is 12.8 Å². The summed E-state index contributed by atoms with van der Waals surface area (Å²) in [5.41, 5.74) is 0.451. The molecule has 1 heterocycles. The summed E-state index contributed by atoms with van der Waals surface area (Å²) in [5.74, 6) is 1.40. The topological polar surface area (TPSA) is 71.8 Å². The molecule has 0 saturated heterocycles. The predicted molar refractivity (Wildman–Crippen MR) is 80.4 cm³/mol. The van der Waals surface area contributed by atoms with Gasteiger partial charge >= 0.3 is 7.12 Å². The van der Waals surface area contributed by atoms with Gasteiger partial charge in [-0.05, 0) is 17.6 Å². The van der Waals surface area contributed by atoms with E-state index in [0.29, 0.717) is 31.0 Å². The monoisotopic (exact) mass is 287 g/mol. The molecule has 0 radical (unpaired) electrons. The van der Waals surface area contributed by atoms with Crippen LogP contribution in [-0.4, -0.2) is 35.4 Å². The lowest BCUT2D eigenvalue weighted by Gasteiger charge is -2.08. The number of aromatic nitrogens is 1. The Kier molecular flexibility index (Phi) is 6.06. The Hall–Kier alpha value is -2.05. The molecule has 2 rings (SSSR count). The molecule has 0 saturated carbocycles. The fraction of sp³-hybridized carbons (Fsp3) is 0.267.